The fourth-order valence-corrected chi connectivity index (χ4v) is 4.30. The zero-order valence-corrected chi connectivity index (χ0v) is 17.7. The minimum Gasteiger partial charge on any atom is -0.451 e. The Morgan fingerprint density at radius 1 is 1.27 bits per heavy atom. The number of amides is 4. The Bertz CT molecular complexity index is 827. The van der Waals surface area contributed by atoms with Gasteiger partial charge in [-0.1, -0.05) is 50.1 Å². The first-order valence-corrected chi connectivity index (χ1v) is 10.4. The van der Waals surface area contributed by atoms with Gasteiger partial charge in [-0.3, -0.25) is 19.3 Å². The van der Waals surface area contributed by atoms with Crippen molar-refractivity contribution in [1.29, 1.82) is 0 Å². The first-order valence-electron chi connectivity index (χ1n) is 10.4. The SMILES string of the molecule is C[C@H](OC(=O)CN1C(=O)N[C@@]2(CCCC[C@@H]2C)C1=O)C(=O)N(C)Cc1ccccc1. The second-order valence-corrected chi connectivity index (χ2v) is 8.25. The van der Waals surface area contributed by atoms with Crippen LogP contribution in [0.15, 0.2) is 30.3 Å². The highest BCUT2D eigenvalue weighted by molar-refractivity contribution is 6.09. The second kappa shape index (κ2) is 8.85. The first-order chi connectivity index (χ1) is 14.2. The van der Waals surface area contributed by atoms with E-state index < -0.39 is 30.2 Å². The van der Waals surface area contributed by atoms with Crippen molar-refractivity contribution < 1.29 is 23.9 Å². The summed E-state index contributed by atoms with van der Waals surface area (Å²) in [7, 11) is 1.63. The van der Waals surface area contributed by atoms with Crippen molar-refractivity contribution in [3.63, 3.8) is 0 Å². The number of likely N-dealkylation sites (N-methyl/N-ethyl adjacent to an activating group) is 1. The molecular formula is C22H29N3O5. The summed E-state index contributed by atoms with van der Waals surface area (Å²) in [5.41, 5.74) is 0.0329. The molecule has 1 saturated carbocycles. The third-order valence-electron chi connectivity index (χ3n) is 6.08. The van der Waals surface area contributed by atoms with E-state index in [-0.39, 0.29) is 17.7 Å². The summed E-state index contributed by atoms with van der Waals surface area (Å²) < 4.78 is 5.23. The highest BCUT2D eigenvalue weighted by Gasteiger charge is 2.55. The Morgan fingerprint density at radius 3 is 2.63 bits per heavy atom. The molecule has 1 saturated heterocycles. The van der Waals surface area contributed by atoms with Gasteiger partial charge in [0.2, 0.25) is 0 Å². The number of imide groups is 1. The maximum absolute atomic E-state index is 12.9. The van der Waals surface area contributed by atoms with Crippen LogP contribution < -0.4 is 5.32 Å². The van der Waals surface area contributed by atoms with Crippen molar-refractivity contribution >= 4 is 23.8 Å². The molecule has 4 amide bonds. The van der Waals surface area contributed by atoms with Crippen molar-refractivity contribution in [3.8, 4) is 0 Å². The predicted molar refractivity (Wildman–Crippen MR) is 109 cm³/mol. The number of rotatable bonds is 6. The lowest BCUT2D eigenvalue weighted by Crippen LogP contribution is -2.54. The molecule has 162 valence electrons. The Kier molecular flexibility index (Phi) is 6.43. The van der Waals surface area contributed by atoms with Gasteiger partial charge in [-0.2, -0.15) is 0 Å². The lowest BCUT2D eigenvalue weighted by atomic mass is 9.73. The molecule has 0 radical (unpaired) electrons. The molecule has 0 aromatic heterocycles. The van der Waals surface area contributed by atoms with Crippen molar-refractivity contribution in [2.75, 3.05) is 13.6 Å². The number of nitrogens with zero attached hydrogens (tertiary/aromatic N) is 2. The normalized spacial score (nSPS) is 24.5. The van der Waals surface area contributed by atoms with Crippen LogP contribution in [0.3, 0.4) is 0 Å². The van der Waals surface area contributed by atoms with E-state index in [0.717, 1.165) is 29.7 Å². The molecule has 8 nitrogen and oxygen atoms in total. The average Bonchev–Trinajstić information content (AvgIpc) is 2.95. The number of urea groups is 1. The lowest BCUT2D eigenvalue weighted by Gasteiger charge is -2.36. The molecule has 1 aromatic rings. The highest BCUT2D eigenvalue weighted by atomic mass is 16.5. The summed E-state index contributed by atoms with van der Waals surface area (Å²) >= 11 is 0. The van der Waals surface area contributed by atoms with Crippen molar-refractivity contribution in [2.45, 2.75) is 57.7 Å². The van der Waals surface area contributed by atoms with Crippen LogP contribution in [-0.4, -0.2) is 58.8 Å². The Labute approximate surface area is 176 Å². The third kappa shape index (κ3) is 4.32. The lowest BCUT2D eigenvalue weighted by molar-refractivity contribution is -0.160. The molecule has 1 aliphatic heterocycles. The van der Waals surface area contributed by atoms with E-state index >= 15 is 0 Å². The number of esters is 1. The van der Waals surface area contributed by atoms with Crippen LogP contribution in [0.25, 0.3) is 0 Å². The van der Waals surface area contributed by atoms with Crippen molar-refractivity contribution in [1.82, 2.24) is 15.1 Å². The van der Waals surface area contributed by atoms with E-state index in [1.54, 1.807) is 7.05 Å². The van der Waals surface area contributed by atoms with Crippen LogP contribution in [0.5, 0.6) is 0 Å². The first kappa shape index (κ1) is 21.8. The summed E-state index contributed by atoms with van der Waals surface area (Å²) in [6, 6.07) is 8.89. The minimum atomic E-state index is -1.02. The second-order valence-electron chi connectivity index (χ2n) is 8.25. The zero-order chi connectivity index (χ0) is 21.9. The van der Waals surface area contributed by atoms with Gasteiger partial charge in [0, 0.05) is 13.6 Å². The van der Waals surface area contributed by atoms with Gasteiger partial charge in [-0.25, -0.2) is 4.79 Å². The summed E-state index contributed by atoms with van der Waals surface area (Å²) in [4.78, 5) is 52.6. The molecule has 8 heteroatoms. The third-order valence-corrected chi connectivity index (χ3v) is 6.08. The van der Waals surface area contributed by atoms with Crippen LogP contribution in [0.2, 0.25) is 0 Å². The maximum Gasteiger partial charge on any atom is 0.327 e. The Morgan fingerprint density at radius 2 is 1.97 bits per heavy atom. The number of ether oxygens (including phenoxy) is 1. The molecule has 3 rings (SSSR count). The summed E-state index contributed by atoms with van der Waals surface area (Å²) in [5.74, 6) is -1.51. The van der Waals surface area contributed by atoms with Crippen LogP contribution in [0.1, 0.15) is 45.1 Å². The van der Waals surface area contributed by atoms with Crippen molar-refractivity contribution in [3.05, 3.63) is 35.9 Å². The van der Waals surface area contributed by atoms with Crippen LogP contribution in [0.4, 0.5) is 4.79 Å². The number of carbonyl (C=O) groups excluding carboxylic acids is 4. The number of hydrogen-bond acceptors (Lipinski definition) is 5. The minimum absolute atomic E-state index is 0.0101. The number of nitrogens with one attached hydrogen (secondary N) is 1. The molecule has 1 heterocycles. The summed E-state index contributed by atoms with van der Waals surface area (Å²) in [6.45, 7) is 3.31. The fraction of sp³-hybridized carbons (Fsp3) is 0.545. The van der Waals surface area contributed by atoms with Crippen LogP contribution >= 0.6 is 0 Å². The average molecular weight is 415 g/mol. The van der Waals surface area contributed by atoms with Gasteiger partial charge in [0.25, 0.3) is 11.8 Å². The van der Waals surface area contributed by atoms with Gasteiger partial charge in [0.1, 0.15) is 12.1 Å². The van der Waals surface area contributed by atoms with Crippen LogP contribution in [0, 0.1) is 5.92 Å². The highest BCUT2D eigenvalue weighted by Crippen LogP contribution is 2.38. The van der Waals surface area contributed by atoms with Gasteiger partial charge in [-0.05, 0) is 31.2 Å². The molecule has 30 heavy (non-hydrogen) atoms. The topological polar surface area (TPSA) is 96.0 Å². The molecule has 2 aliphatic rings. The number of hydrogen-bond donors (Lipinski definition) is 1. The van der Waals surface area contributed by atoms with Gasteiger partial charge in [0.15, 0.2) is 6.10 Å². The number of carbonyl (C=O) groups is 4. The fourth-order valence-electron chi connectivity index (χ4n) is 4.30. The smallest absolute Gasteiger partial charge is 0.327 e. The predicted octanol–water partition coefficient (Wildman–Crippen LogP) is 2.08. The van der Waals surface area contributed by atoms with Gasteiger partial charge in [0.05, 0.1) is 0 Å². The zero-order valence-electron chi connectivity index (χ0n) is 17.7. The van der Waals surface area contributed by atoms with Gasteiger partial charge < -0.3 is 15.0 Å². The molecule has 2 fully saturated rings. The molecule has 1 spiro atoms. The van der Waals surface area contributed by atoms with Gasteiger partial charge >= 0.3 is 12.0 Å². The van der Waals surface area contributed by atoms with Gasteiger partial charge in [-0.15, -0.1) is 0 Å². The van der Waals surface area contributed by atoms with Crippen molar-refractivity contribution in [2.24, 2.45) is 5.92 Å². The van der Waals surface area contributed by atoms with E-state index in [0.29, 0.717) is 13.0 Å². The van der Waals surface area contributed by atoms with E-state index in [2.05, 4.69) is 5.32 Å². The van der Waals surface area contributed by atoms with E-state index in [4.69, 9.17) is 4.74 Å². The van der Waals surface area contributed by atoms with E-state index in [9.17, 15) is 19.2 Å². The quantitative estimate of drug-likeness (QED) is 0.567. The summed E-state index contributed by atoms with van der Waals surface area (Å²) in [5, 5.41) is 2.80. The largest absolute Gasteiger partial charge is 0.451 e. The molecule has 0 bridgehead atoms. The molecule has 1 aromatic carbocycles. The molecule has 1 N–H and O–H groups in total. The molecule has 1 aliphatic carbocycles. The molecule has 3 atom stereocenters. The molecular weight excluding hydrogens is 386 g/mol. The standard InChI is InChI=1S/C22H29N3O5/c1-15-9-7-8-12-22(15)20(28)25(21(29)23-22)14-18(26)30-16(2)19(27)24(3)13-17-10-5-4-6-11-17/h4-6,10-11,15-16H,7-9,12-14H2,1-3H3,(H,23,29)/t15-,16-,22+/m0/s1. The molecule has 0 unspecified atom stereocenters. The monoisotopic (exact) mass is 415 g/mol. The van der Waals surface area contributed by atoms with E-state index in [1.807, 2.05) is 37.3 Å². The summed E-state index contributed by atoms with van der Waals surface area (Å²) in [6.07, 6.45) is 2.28. The Balaban J connectivity index is 1.56. The maximum atomic E-state index is 12.9. The number of benzene rings is 1. The Hall–Kier alpha value is -2.90. The van der Waals surface area contributed by atoms with Crippen LogP contribution in [-0.2, 0) is 25.7 Å². The van der Waals surface area contributed by atoms with E-state index in [1.165, 1.54) is 11.8 Å².